The van der Waals surface area contributed by atoms with Crippen LogP contribution in [0, 0.1) is 0 Å². The summed E-state index contributed by atoms with van der Waals surface area (Å²) < 4.78 is 9.17. The van der Waals surface area contributed by atoms with Crippen molar-refractivity contribution in [2.75, 3.05) is 9.80 Å². The van der Waals surface area contributed by atoms with Gasteiger partial charge in [0.1, 0.15) is 5.52 Å². The van der Waals surface area contributed by atoms with Crippen LogP contribution >= 0.6 is 11.3 Å². The minimum Gasteiger partial charge on any atom is -0.436 e. The smallest absolute Gasteiger partial charge is 0.227 e. The molecule has 0 saturated heterocycles. The van der Waals surface area contributed by atoms with Crippen LogP contribution in [0.1, 0.15) is 0 Å². The molecule has 2 heterocycles. The predicted molar refractivity (Wildman–Crippen MR) is 219 cm³/mol. The van der Waals surface area contributed by atoms with Gasteiger partial charge in [0.25, 0.3) is 0 Å². The third-order valence-electron chi connectivity index (χ3n) is 9.62. The third kappa shape index (κ3) is 5.10. The lowest BCUT2D eigenvalue weighted by Crippen LogP contribution is -2.12. The van der Waals surface area contributed by atoms with Crippen molar-refractivity contribution in [3.05, 3.63) is 188 Å². The van der Waals surface area contributed by atoms with Crippen LogP contribution in [0.4, 0.5) is 34.1 Å². The molecule has 52 heavy (non-hydrogen) atoms. The van der Waals surface area contributed by atoms with Crippen LogP contribution in [0.5, 0.6) is 0 Å². The van der Waals surface area contributed by atoms with E-state index in [2.05, 4.69) is 168 Å². The van der Waals surface area contributed by atoms with Crippen molar-refractivity contribution in [1.82, 2.24) is 4.98 Å². The van der Waals surface area contributed by atoms with Gasteiger partial charge in [-0.2, -0.15) is 0 Å². The lowest BCUT2D eigenvalue weighted by atomic mass is 10.0. The SMILES string of the molecule is c1ccc(-c2nc3c(N(c4ccccc4)c4cccc5c4sc4ccccc45)c4ccc(N(c5ccccc5)c5ccccc5)cc4cc3o2)cc1. The number of para-hydroxylation sites is 3. The first-order valence-corrected chi connectivity index (χ1v) is 18.2. The molecule has 4 nitrogen and oxygen atoms in total. The van der Waals surface area contributed by atoms with Crippen molar-refractivity contribution < 1.29 is 4.42 Å². The van der Waals surface area contributed by atoms with E-state index in [0.29, 0.717) is 5.89 Å². The highest BCUT2D eigenvalue weighted by Gasteiger charge is 2.26. The summed E-state index contributed by atoms with van der Waals surface area (Å²) in [5, 5.41) is 4.63. The van der Waals surface area contributed by atoms with Crippen LogP contribution in [0.3, 0.4) is 0 Å². The number of benzene rings is 8. The molecular formula is C47H31N3OS. The maximum atomic E-state index is 6.68. The molecule has 0 N–H and O–H groups in total. The summed E-state index contributed by atoms with van der Waals surface area (Å²) in [4.78, 5) is 9.94. The Hall–Kier alpha value is -6.69. The van der Waals surface area contributed by atoms with Crippen molar-refractivity contribution in [1.29, 1.82) is 0 Å². The molecule has 0 aliphatic heterocycles. The highest BCUT2D eigenvalue weighted by Crippen LogP contribution is 2.49. The van der Waals surface area contributed by atoms with Crippen molar-refractivity contribution >= 4 is 87.5 Å². The summed E-state index contributed by atoms with van der Waals surface area (Å²) in [6.45, 7) is 0. The highest BCUT2D eigenvalue weighted by atomic mass is 32.1. The fraction of sp³-hybridized carbons (Fsp3) is 0. The molecule has 10 aromatic rings. The lowest BCUT2D eigenvalue weighted by Gasteiger charge is -2.28. The Morgan fingerprint density at radius 1 is 0.462 bits per heavy atom. The molecule has 5 heteroatoms. The Bertz CT molecular complexity index is 2810. The topological polar surface area (TPSA) is 32.5 Å². The summed E-state index contributed by atoms with van der Waals surface area (Å²) in [5.41, 5.74) is 8.82. The van der Waals surface area contributed by atoms with Gasteiger partial charge in [0, 0.05) is 49.2 Å². The standard InChI is InChI=1S/C47H31N3OS/c1-5-16-32(17-6-1)47-48-44-42(51-47)31-33-30-37(49(34-18-7-2-8-19-34)35-20-9-3-10-21-35)28-29-38(33)45(44)50(36-22-11-4-12-23-36)41-26-15-25-40-39-24-13-14-27-43(39)52-46(40)41/h1-31H. The largest absolute Gasteiger partial charge is 0.436 e. The number of fused-ring (bicyclic) bond motifs is 5. The van der Waals surface area contributed by atoms with Gasteiger partial charge < -0.3 is 14.2 Å². The number of nitrogens with zero attached hydrogens (tertiary/aromatic N) is 3. The van der Waals surface area contributed by atoms with E-state index < -0.39 is 0 Å². The molecule has 10 rings (SSSR count). The maximum Gasteiger partial charge on any atom is 0.227 e. The Balaban J connectivity index is 1.28. The first-order valence-electron chi connectivity index (χ1n) is 17.4. The number of hydrogen-bond donors (Lipinski definition) is 0. The summed E-state index contributed by atoms with van der Waals surface area (Å²) in [6.07, 6.45) is 0. The molecule has 0 radical (unpaired) electrons. The molecule has 0 unspecified atom stereocenters. The second kappa shape index (κ2) is 12.6. The molecule has 2 aromatic heterocycles. The van der Waals surface area contributed by atoms with Gasteiger partial charge in [-0.1, -0.05) is 109 Å². The van der Waals surface area contributed by atoms with Crippen LogP contribution in [0.25, 0.3) is 53.5 Å². The summed E-state index contributed by atoms with van der Waals surface area (Å²) in [6, 6.07) is 66.0. The van der Waals surface area contributed by atoms with Crippen molar-refractivity contribution in [2.24, 2.45) is 0 Å². The first-order chi connectivity index (χ1) is 25.8. The Morgan fingerprint density at radius 3 is 1.75 bits per heavy atom. The fourth-order valence-corrected chi connectivity index (χ4v) is 8.50. The van der Waals surface area contributed by atoms with Crippen LogP contribution in [-0.4, -0.2) is 4.98 Å². The van der Waals surface area contributed by atoms with E-state index in [1.807, 2.05) is 41.7 Å². The van der Waals surface area contributed by atoms with E-state index in [1.54, 1.807) is 0 Å². The van der Waals surface area contributed by atoms with Gasteiger partial charge in [-0.25, -0.2) is 4.98 Å². The second-order valence-electron chi connectivity index (χ2n) is 12.8. The molecular weight excluding hydrogens is 655 g/mol. The van der Waals surface area contributed by atoms with Gasteiger partial charge in [-0.15, -0.1) is 11.3 Å². The zero-order valence-corrected chi connectivity index (χ0v) is 28.9. The van der Waals surface area contributed by atoms with Crippen LogP contribution < -0.4 is 9.80 Å². The van der Waals surface area contributed by atoms with Crippen molar-refractivity contribution in [2.45, 2.75) is 0 Å². The average Bonchev–Trinajstić information content (AvgIpc) is 3.82. The summed E-state index contributed by atoms with van der Waals surface area (Å²) in [7, 11) is 0. The first kappa shape index (κ1) is 30.2. The molecule has 246 valence electrons. The Morgan fingerprint density at radius 2 is 1.06 bits per heavy atom. The molecule has 0 atom stereocenters. The zero-order chi connectivity index (χ0) is 34.4. The fourth-order valence-electron chi connectivity index (χ4n) is 7.30. The number of hydrogen-bond acceptors (Lipinski definition) is 5. The van der Waals surface area contributed by atoms with E-state index in [0.717, 1.165) is 61.6 Å². The Kier molecular flexibility index (Phi) is 7.29. The zero-order valence-electron chi connectivity index (χ0n) is 28.1. The van der Waals surface area contributed by atoms with E-state index >= 15 is 0 Å². The molecule has 0 aliphatic carbocycles. The number of anilines is 6. The number of oxazole rings is 1. The van der Waals surface area contributed by atoms with Gasteiger partial charge in [-0.05, 0) is 84.2 Å². The minimum absolute atomic E-state index is 0.593. The van der Waals surface area contributed by atoms with Crippen molar-refractivity contribution in [3.8, 4) is 11.5 Å². The minimum atomic E-state index is 0.593. The molecule has 0 spiro atoms. The van der Waals surface area contributed by atoms with E-state index in [1.165, 1.54) is 20.2 Å². The quantitative estimate of drug-likeness (QED) is 0.167. The summed E-state index contributed by atoms with van der Waals surface area (Å²) in [5.74, 6) is 0.593. The predicted octanol–water partition coefficient (Wildman–Crippen LogP) is 14.0. The Labute approximate surface area is 305 Å². The van der Waals surface area contributed by atoms with Gasteiger partial charge in [-0.3, -0.25) is 0 Å². The second-order valence-corrected chi connectivity index (χ2v) is 13.8. The third-order valence-corrected chi connectivity index (χ3v) is 10.8. The molecule has 0 aliphatic rings. The molecule has 0 fully saturated rings. The van der Waals surface area contributed by atoms with E-state index in [9.17, 15) is 0 Å². The monoisotopic (exact) mass is 685 g/mol. The van der Waals surface area contributed by atoms with Gasteiger partial charge >= 0.3 is 0 Å². The normalized spacial score (nSPS) is 11.5. The number of aromatic nitrogens is 1. The maximum absolute atomic E-state index is 6.68. The number of thiophene rings is 1. The number of rotatable bonds is 7. The molecule has 0 amide bonds. The molecule has 8 aromatic carbocycles. The van der Waals surface area contributed by atoms with Crippen LogP contribution in [0.15, 0.2) is 192 Å². The molecule has 0 saturated carbocycles. The van der Waals surface area contributed by atoms with Gasteiger partial charge in [0.15, 0.2) is 5.58 Å². The highest BCUT2D eigenvalue weighted by molar-refractivity contribution is 7.26. The van der Waals surface area contributed by atoms with Crippen molar-refractivity contribution in [3.63, 3.8) is 0 Å². The van der Waals surface area contributed by atoms with Crippen LogP contribution in [-0.2, 0) is 0 Å². The van der Waals surface area contributed by atoms with Gasteiger partial charge in [0.2, 0.25) is 5.89 Å². The average molecular weight is 686 g/mol. The molecule has 0 bridgehead atoms. The van der Waals surface area contributed by atoms with Crippen LogP contribution in [0.2, 0.25) is 0 Å². The lowest BCUT2D eigenvalue weighted by molar-refractivity contribution is 0.620. The van der Waals surface area contributed by atoms with E-state index in [4.69, 9.17) is 9.40 Å². The van der Waals surface area contributed by atoms with E-state index in [-0.39, 0.29) is 0 Å². The van der Waals surface area contributed by atoms with Gasteiger partial charge in [0.05, 0.1) is 16.1 Å². The summed E-state index contributed by atoms with van der Waals surface area (Å²) >= 11 is 1.83.